The van der Waals surface area contributed by atoms with Crippen LogP contribution in [0.5, 0.6) is 0 Å². The van der Waals surface area contributed by atoms with E-state index in [2.05, 4.69) is 35.3 Å². The van der Waals surface area contributed by atoms with Gasteiger partial charge in [-0.15, -0.1) is 0 Å². The van der Waals surface area contributed by atoms with Crippen molar-refractivity contribution in [3.63, 3.8) is 0 Å². The molecule has 1 aromatic carbocycles. The van der Waals surface area contributed by atoms with Crippen molar-refractivity contribution < 1.29 is 4.42 Å². The summed E-state index contributed by atoms with van der Waals surface area (Å²) in [6.45, 7) is 5.78. The smallest absolute Gasteiger partial charge is 0.134 e. The van der Waals surface area contributed by atoms with Crippen LogP contribution >= 0.6 is 0 Å². The normalized spacial score (nSPS) is 19.1. The number of piperidine rings is 1. The van der Waals surface area contributed by atoms with Crippen LogP contribution in [0.4, 0.5) is 0 Å². The van der Waals surface area contributed by atoms with Crippen LogP contribution in [-0.4, -0.2) is 31.6 Å². The van der Waals surface area contributed by atoms with E-state index in [0.29, 0.717) is 0 Å². The second-order valence-electron chi connectivity index (χ2n) is 6.18. The number of likely N-dealkylation sites (N-methyl/N-ethyl adjacent to an activating group) is 1. The number of hydrogen-bond acceptors (Lipinski definition) is 3. The zero-order valence-electron chi connectivity index (χ0n) is 13.1. The molecule has 2 heterocycles. The molecule has 21 heavy (non-hydrogen) atoms. The Hall–Kier alpha value is -1.32. The predicted octanol–water partition coefficient (Wildman–Crippen LogP) is 3.82. The fourth-order valence-corrected chi connectivity index (χ4v) is 3.33. The van der Waals surface area contributed by atoms with Crippen molar-refractivity contribution >= 4 is 11.0 Å². The van der Waals surface area contributed by atoms with Gasteiger partial charge >= 0.3 is 0 Å². The van der Waals surface area contributed by atoms with Crippen LogP contribution in [0.25, 0.3) is 11.0 Å². The van der Waals surface area contributed by atoms with Crippen LogP contribution < -0.4 is 5.32 Å². The van der Waals surface area contributed by atoms with E-state index in [1.165, 1.54) is 37.7 Å². The SMILES string of the molecule is CCC1CCN(CC(NC)c2cc3ccccc3o2)CC1. The first-order valence-electron chi connectivity index (χ1n) is 8.18. The van der Waals surface area contributed by atoms with Gasteiger partial charge in [0, 0.05) is 11.9 Å². The van der Waals surface area contributed by atoms with E-state index in [-0.39, 0.29) is 6.04 Å². The molecule has 3 nitrogen and oxygen atoms in total. The number of nitrogens with one attached hydrogen (secondary N) is 1. The fourth-order valence-electron chi connectivity index (χ4n) is 3.33. The van der Waals surface area contributed by atoms with Crippen molar-refractivity contribution in [2.75, 3.05) is 26.7 Å². The Morgan fingerprint density at radius 3 is 2.71 bits per heavy atom. The number of hydrogen-bond donors (Lipinski definition) is 1. The van der Waals surface area contributed by atoms with Crippen molar-refractivity contribution in [3.05, 3.63) is 36.1 Å². The highest BCUT2D eigenvalue weighted by molar-refractivity contribution is 5.77. The number of benzene rings is 1. The zero-order valence-corrected chi connectivity index (χ0v) is 13.1. The fraction of sp³-hybridized carbons (Fsp3) is 0.556. The van der Waals surface area contributed by atoms with E-state index >= 15 is 0 Å². The van der Waals surface area contributed by atoms with Crippen LogP contribution in [0.15, 0.2) is 34.7 Å². The summed E-state index contributed by atoms with van der Waals surface area (Å²) in [4.78, 5) is 2.57. The Morgan fingerprint density at radius 1 is 1.29 bits per heavy atom. The van der Waals surface area contributed by atoms with Gasteiger partial charge in [-0.25, -0.2) is 0 Å². The molecule has 3 rings (SSSR count). The molecule has 1 saturated heterocycles. The highest BCUT2D eigenvalue weighted by Gasteiger charge is 2.22. The van der Waals surface area contributed by atoms with Crippen LogP contribution in [-0.2, 0) is 0 Å². The maximum atomic E-state index is 6.02. The molecular weight excluding hydrogens is 260 g/mol. The highest BCUT2D eigenvalue weighted by Crippen LogP contribution is 2.26. The van der Waals surface area contributed by atoms with Crippen LogP contribution in [0.1, 0.15) is 38.0 Å². The van der Waals surface area contributed by atoms with Crippen molar-refractivity contribution in [1.82, 2.24) is 10.2 Å². The number of furan rings is 1. The highest BCUT2D eigenvalue weighted by atomic mass is 16.3. The molecule has 1 aliphatic heterocycles. The van der Waals surface area contributed by atoms with Gasteiger partial charge in [0.25, 0.3) is 0 Å². The topological polar surface area (TPSA) is 28.4 Å². The molecule has 0 saturated carbocycles. The van der Waals surface area contributed by atoms with Crippen molar-refractivity contribution in [2.24, 2.45) is 5.92 Å². The lowest BCUT2D eigenvalue weighted by molar-refractivity contribution is 0.163. The Bertz CT molecular complexity index is 536. The number of rotatable bonds is 5. The lowest BCUT2D eigenvalue weighted by Gasteiger charge is -2.33. The van der Waals surface area contributed by atoms with Gasteiger partial charge in [0.05, 0.1) is 6.04 Å². The molecule has 114 valence electrons. The molecule has 1 fully saturated rings. The maximum Gasteiger partial charge on any atom is 0.134 e. The molecule has 0 spiro atoms. The summed E-state index contributed by atoms with van der Waals surface area (Å²) in [5.41, 5.74) is 0.984. The zero-order chi connectivity index (χ0) is 14.7. The molecule has 1 unspecified atom stereocenters. The van der Waals surface area contributed by atoms with Gasteiger partial charge in [0.15, 0.2) is 0 Å². The molecule has 1 N–H and O–H groups in total. The Balaban J connectivity index is 1.67. The predicted molar refractivity (Wildman–Crippen MR) is 87.5 cm³/mol. The Morgan fingerprint density at radius 2 is 2.05 bits per heavy atom. The average molecular weight is 286 g/mol. The minimum atomic E-state index is 0.274. The maximum absolute atomic E-state index is 6.02. The lowest BCUT2D eigenvalue weighted by atomic mass is 9.94. The molecular formula is C18H26N2O. The van der Waals surface area contributed by atoms with E-state index in [0.717, 1.165) is 23.8 Å². The number of likely N-dealkylation sites (tertiary alicyclic amines) is 1. The van der Waals surface area contributed by atoms with Crippen molar-refractivity contribution in [1.29, 1.82) is 0 Å². The van der Waals surface area contributed by atoms with Gasteiger partial charge in [-0.05, 0) is 51.0 Å². The van der Waals surface area contributed by atoms with E-state index < -0.39 is 0 Å². The van der Waals surface area contributed by atoms with E-state index in [9.17, 15) is 0 Å². The number of para-hydroxylation sites is 1. The minimum absolute atomic E-state index is 0.274. The van der Waals surface area contributed by atoms with Crippen LogP contribution in [0, 0.1) is 5.92 Å². The molecule has 0 radical (unpaired) electrons. The van der Waals surface area contributed by atoms with Crippen molar-refractivity contribution in [3.8, 4) is 0 Å². The van der Waals surface area contributed by atoms with Gasteiger partial charge in [-0.2, -0.15) is 0 Å². The summed E-state index contributed by atoms with van der Waals surface area (Å²) in [5.74, 6) is 1.98. The monoisotopic (exact) mass is 286 g/mol. The molecule has 1 aliphatic rings. The summed E-state index contributed by atoms with van der Waals surface area (Å²) in [5, 5.41) is 4.61. The summed E-state index contributed by atoms with van der Waals surface area (Å²) in [6, 6.07) is 10.7. The molecule has 1 atom stereocenters. The quantitative estimate of drug-likeness (QED) is 0.906. The molecule has 2 aromatic rings. The first-order valence-corrected chi connectivity index (χ1v) is 8.18. The summed E-state index contributed by atoms with van der Waals surface area (Å²) >= 11 is 0. The van der Waals surface area contributed by atoms with E-state index in [1.807, 2.05) is 19.2 Å². The number of fused-ring (bicyclic) bond motifs is 1. The molecule has 0 bridgehead atoms. The van der Waals surface area contributed by atoms with E-state index in [1.54, 1.807) is 0 Å². The third-order valence-electron chi connectivity index (χ3n) is 4.86. The lowest BCUT2D eigenvalue weighted by Crippen LogP contribution is -2.39. The summed E-state index contributed by atoms with van der Waals surface area (Å²) in [6.07, 6.45) is 4.01. The Kier molecular flexibility index (Phi) is 4.61. The third kappa shape index (κ3) is 3.30. The number of nitrogens with zero attached hydrogens (tertiary/aromatic N) is 1. The summed E-state index contributed by atoms with van der Waals surface area (Å²) < 4.78 is 6.02. The minimum Gasteiger partial charge on any atom is -0.459 e. The van der Waals surface area contributed by atoms with Gasteiger partial charge in [0.1, 0.15) is 11.3 Å². The molecule has 1 aromatic heterocycles. The molecule has 0 aliphatic carbocycles. The average Bonchev–Trinajstić information content (AvgIpc) is 2.97. The first kappa shape index (κ1) is 14.6. The van der Waals surface area contributed by atoms with Crippen molar-refractivity contribution in [2.45, 2.75) is 32.2 Å². The second kappa shape index (κ2) is 6.63. The summed E-state index contributed by atoms with van der Waals surface area (Å²) in [7, 11) is 2.02. The third-order valence-corrected chi connectivity index (χ3v) is 4.86. The molecule has 0 amide bonds. The largest absolute Gasteiger partial charge is 0.459 e. The standard InChI is InChI=1S/C18H26N2O/c1-3-14-8-10-20(11-9-14)13-16(19-2)18-12-15-6-4-5-7-17(15)21-18/h4-7,12,14,16,19H,3,8-11,13H2,1-2H3. The molecule has 3 heteroatoms. The first-order chi connectivity index (χ1) is 10.3. The van der Waals surface area contributed by atoms with Crippen LogP contribution in [0.3, 0.4) is 0 Å². The van der Waals surface area contributed by atoms with Gasteiger partial charge in [-0.1, -0.05) is 31.5 Å². The van der Waals surface area contributed by atoms with Gasteiger partial charge in [0.2, 0.25) is 0 Å². The van der Waals surface area contributed by atoms with Gasteiger partial charge in [-0.3, -0.25) is 0 Å². The van der Waals surface area contributed by atoms with Gasteiger partial charge < -0.3 is 14.6 Å². The van der Waals surface area contributed by atoms with E-state index in [4.69, 9.17) is 4.42 Å². The second-order valence-corrected chi connectivity index (χ2v) is 6.18. The Labute approximate surface area is 127 Å². The van der Waals surface area contributed by atoms with Crippen LogP contribution in [0.2, 0.25) is 0 Å².